The summed E-state index contributed by atoms with van der Waals surface area (Å²) in [6, 6.07) is 17.4. The van der Waals surface area contributed by atoms with Crippen LogP contribution in [0.5, 0.6) is 0 Å². The molecule has 2 heterocycles. The molecule has 0 aliphatic carbocycles. The standard InChI is InChI=1S/C25H30N6O2/c1-18-8-6-12-21(16-18)27-25(33)31-15-7-11-20(17-31)24(32)26-14-13-22-28-29-23(30(22)2)19-9-4-3-5-10-19/h3-6,8-10,12,16,20H,7,11,13-15,17H2,1-2H3,(H,26,32)(H,27,33)/t20-/m0/s1. The van der Waals surface area contributed by atoms with E-state index in [1.54, 1.807) is 4.90 Å². The highest BCUT2D eigenvalue weighted by molar-refractivity contribution is 5.90. The average molecular weight is 447 g/mol. The first-order valence-electron chi connectivity index (χ1n) is 11.4. The molecule has 1 saturated heterocycles. The molecule has 2 aromatic carbocycles. The number of carbonyl (C=O) groups is 2. The van der Waals surface area contributed by atoms with E-state index in [0.717, 1.165) is 41.3 Å². The summed E-state index contributed by atoms with van der Waals surface area (Å²) in [5.41, 5.74) is 2.86. The van der Waals surface area contributed by atoms with Gasteiger partial charge in [0.1, 0.15) is 5.82 Å². The first-order chi connectivity index (χ1) is 16.0. The van der Waals surface area contributed by atoms with E-state index >= 15 is 0 Å². The maximum atomic E-state index is 12.8. The van der Waals surface area contributed by atoms with Crippen LogP contribution >= 0.6 is 0 Å². The number of hydrogen-bond acceptors (Lipinski definition) is 4. The van der Waals surface area contributed by atoms with E-state index in [2.05, 4.69) is 20.8 Å². The molecule has 1 fully saturated rings. The van der Waals surface area contributed by atoms with Gasteiger partial charge in [-0.1, -0.05) is 42.5 Å². The van der Waals surface area contributed by atoms with Crippen molar-refractivity contribution in [3.05, 3.63) is 66.0 Å². The molecular formula is C25H30N6O2. The largest absolute Gasteiger partial charge is 0.355 e. The van der Waals surface area contributed by atoms with Crippen molar-refractivity contribution in [3.8, 4) is 11.4 Å². The summed E-state index contributed by atoms with van der Waals surface area (Å²) >= 11 is 0. The predicted octanol–water partition coefficient (Wildman–Crippen LogP) is 3.39. The first kappa shape index (κ1) is 22.5. The second-order valence-corrected chi connectivity index (χ2v) is 8.49. The normalized spacial score (nSPS) is 15.8. The van der Waals surface area contributed by atoms with Gasteiger partial charge in [-0.25, -0.2) is 4.79 Å². The van der Waals surface area contributed by atoms with Crippen molar-refractivity contribution >= 4 is 17.6 Å². The summed E-state index contributed by atoms with van der Waals surface area (Å²) in [5.74, 6) is 1.39. The maximum Gasteiger partial charge on any atom is 0.321 e. The van der Waals surface area contributed by atoms with Crippen molar-refractivity contribution in [1.29, 1.82) is 0 Å². The number of aromatic nitrogens is 3. The van der Waals surface area contributed by atoms with Gasteiger partial charge in [0.25, 0.3) is 0 Å². The van der Waals surface area contributed by atoms with Crippen LogP contribution < -0.4 is 10.6 Å². The van der Waals surface area contributed by atoms with Gasteiger partial charge in [0.15, 0.2) is 5.82 Å². The molecule has 0 radical (unpaired) electrons. The summed E-state index contributed by atoms with van der Waals surface area (Å²) in [6.07, 6.45) is 2.18. The van der Waals surface area contributed by atoms with Crippen LogP contribution in [0.1, 0.15) is 24.2 Å². The van der Waals surface area contributed by atoms with Gasteiger partial charge in [-0.05, 0) is 37.5 Å². The SMILES string of the molecule is Cc1cccc(NC(=O)N2CCC[C@H](C(=O)NCCc3nnc(-c4ccccc4)n3C)C2)c1. The summed E-state index contributed by atoms with van der Waals surface area (Å²) in [4.78, 5) is 27.2. The number of anilines is 1. The molecule has 1 aliphatic rings. The van der Waals surface area contributed by atoms with Crippen molar-refractivity contribution < 1.29 is 9.59 Å². The summed E-state index contributed by atoms with van der Waals surface area (Å²) in [7, 11) is 1.94. The summed E-state index contributed by atoms with van der Waals surface area (Å²) in [5, 5.41) is 14.5. The highest BCUT2D eigenvalue weighted by atomic mass is 16.2. The minimum atomic E-state index is -0.207. The van der Waals surface area contributed by atoms with Crippen LogP contribution in [0.3, 0.4) is 0 Å². The molecule has 0 bridgehead atoms. The zero-order valence-electron chi connectivity index (χ0n) is 19.1. The Morgan fingerprint density at radius 3 is 2.70 bits per heavy atom. The molecule has 8 heteroatoms. The minimum Gasteiger partial charge on any atom is -0.355 e. The molecule has 0 saturated carbocycles. The van der Waals surface area contributed by atoms with Gasteiger partial charge in [-0.15, -0.1) is 10.2 Å². The number of rotatable bonds is 6. The number of carbonyl (C=O) groups excluding carboxylic acids is 2. The molecule has 4 rings (SSSR count). The van der Waals surface area contributed by atoms with E-state index in [1.807, 2.05) is 73.1 Å². The summed E-state index contributed by atoms with van der Waals surface area (Å²) < 4.78 is 1.96. The van der Waals surface area contributed by atoms with Crippen molar-refractivity contribution in [2.24, 2.45) is 13.0 Å². The number of piperidine rings is 1. The molecule has 172 valence electrons. The molecule has 0 spiro atoms. The van der Waals surface area contributed by atoms with Gasteiger partial charge in [0.2, 0.25) is 5.91 Å². The van der Waals surface area contributed by atoms with Crippen LogP contribution in [0.2, 0.25) is 0 Å². The van der Waals surface area contributed by atoms with Gasteiger partial charge in [-0.3, -0.25) is 4.79 Å². The zero-order valence-corrected chi connectivity index (χ0v) is 19.1. The molecule has 3 amide bonds. The Hall–Kier alpha value is -3.68. The highest BCUT2D eigenvalue weighted by Gasteiger charge is 2.28. The third kappa shape index (κ3) is 5.58. The average Bonchev–Trinajstić information content (AvgIpc) is 3.20. The second-order valence-electron chi connectivity index (χ2n) is 8.49. The molecule has 3 aromatic rings. The van der Waals surface area contributed by atoms with Gasteiger partial charge in [0.05, 0.1) is 5.92 Å². The molecule has 1 atom stereocenters. The van der Waals surface area contributed by atoms with Crippen LogP contribution in [-0.2, 0) is 18.3 Å². The lowest BCUT2D eigenvalue weighted by molar-refractivity contribution is -0.126. The number of urea groups is 1. The zero-order chi connectivity index (χ0) is 23.2. The molecule has 33 heavy (non-hydrogen) atoms. The van der Waals surface area contributed by atoms with E-state index in [9.17, 15) is 9.59 Å². The van der Waals surface area contributed by atoms with Crippen molar-refractivity contribution in [3.63, 3.8) is 0 Å². The first-order valence-corrected chi connectivity index (χ1v) is 11.4. The van der Waals surface area contributed by atoms with Gasteiger partial charge in [0, 0.05) is 44.4 Å². The number of nitrogens with zero attached hydrogens (tertiary/aromatic N) is 4. The van der Waals surface area contributed by atoms with Crippen LogP contribution in [0.4, 0.5) is 10.5 Å². The van der Waals surface area contributed by atoms with E-state index in [4.69, 9.17) is 0 Å². The number of amides is 3. The van der Waals surface area contributed by atoms with Crippen LogP contribution in [0.15, 0.2) is 54.6 Å². The Kier molecular flexibility index (Phi) is 7.02. The smallest absolute Gasteiger partial charge is 0.321 e. The fraction of sp³-hybridized carbons (Fsp3) is 0.360. The maximum absolute atomic E-state index is 12.8. The predicted molar refractivity (Wildman–Crippen MR) is 128 cm³/mol. The lowest BCUT2D eigenvalue weighted by Gasteiger charge is -2.32. The lowest BCUT2D eigenvalue weighted by Crippen LogP contribution is -2.47. The molecule has 8 nitrogen and oxygen atoms in total. The lowest BCUT2D eigenvalue weighted by atomic mass is 9.97. The minimum absolute atomic E-state index is 0.0199. The van der Waals surface area contributed by atoms with Crippen molar-refractivity contribution in [2.75, 3.05) is 25.0 Å². The monoisotopic (exact) mass is 446 g/mol. The van der Waals surface area contributed by atoms with Crippen LogP contribution in [0.25, 0.3) is 11.4 Å². The van der Waals surface area contributed by atoms with E-state index in [-0.39, 0.29) is 17.9 Å². The Balaban J connectivity index is 1.27. The topological polar surface area (TPSA) is 92.2 Å². The molecule has 1 aliphatic heterocycles. The second kappa shape index (κ2) is 10.3. The third-order valence-electron chi connectivity index (χ3n) is 5.99. The highest BCUT2D eigenvalue weighted by Crippen LogP contribution is 2.19. The Labute approximate surface area is 194 Å². The molecule has 2 N–H and O–H groups in total. The van der Waals surface area contributed by atoms with Gasteiger partial charge >= 0.3 is 6.03 Å². The number of aryl methyl sites for hydroxylation is 1. The Bertz CT molecular complexity index is 1110. The van der Waals surface area contributed by atoms with E-state index in [0.29, 0.717) is 26.1 Å². The molecular weight excluding hydrogens is 416 g/mol. The fourth-order valence-corrected chi connectivity index (χ4v) is 4.16. The Morgan fingerprint density at radius 2 is 1.91 bits per heavy atom. The number of hydrogen-bond donors (Lipinski definition) is 2. The number of likely N-dealkylation sites (tertiary alicyclic amines) is 1. The summed E-state index contributed by atoms with van der Waals surface area (Å²) in [6.45, 7) is 3.54. The van der Waals surface area contributed by atoms with Crippen LogP contribution in [-0.4, -0.2) is 51.2 Å². The van der Waals surface area contributed by atoms with Crippen molar-refractivity contribution in [1.82, 2.24) is 25.0 Å². The Morgan fingerprint density at radius 1 is 1.09 bits per heavy atom. The molecule has 0 unspecified atom stereocenters. The number of benzene rings is 2. The third-order valence-corrected chi connectivity index (χ3v) is 5.99. The quantitative estimate of drug-likeness (QED) is 0.607. The fourth-order valence-electron chi connectivity index (χ4n) is 4.16. The van der Waals surface area contributed by atoms with Gasteiger partial charge in [-0.2, -0.15) is 0 Å². The van der Waals surface area contributed by atoms with Gasteiger partial charge < -0.3 is 20.1 Å². The van der Waals surface area contributed by atoms with Crippen LogP contribution in [0, 0.1) is 12.8 Å². The van der Waals surface area contributed by atoms with E-state index in [1.165, 1.54) is 0 Å². The van der Waals surface area contributed by atoms with E-state index < -0.39 is 0 Å². The number of nitrogens with one attached hydrogen (secondary N) is 2. The van der Waals surface area contributed by atoms with Crippen molar-refractivity contribution in [2.45, 2.75) is 26.2 Å². The molecule has 1 aromatic heterocycles.